The van der Waals surface area contributed by atoms with Crippen molar-refractivity contribution in [2.24, 2.45) is 0 Å². The van der Waals surface area contributed by atoms with Crippen molar-refractivity contribution >= 4 is 17.8 Å². The van der Waals surface area contributed by atoms with Gasteiger partial charge in [0, 0.05) is 51.3 Å². The van der Waals surface area contributed by atoms with E-state index in [0.29, 0.717) is 81.5 Å². The number of ether oxygens (including phenoxy) is 5. The molecule has 4 bridgehead atoms. The lowest BCUT2D eigenvalue weighted by atomic mass is 10.1. The highest BCUT2D eigenvalue weighted by atomic mass is 16.5. The van der Waals surface area contributed by atoms with Crippen LogP contribution in [0.4, 0.5) is 0 Å². The van der Waals surface area contributed by atoms with Crippen LogP contribution in [0.15, 0.2) is 12.1 Å². The predicted octanol–water partition coefficient (Wildman–Crippen LogP) is 1.94. The zero-order valence-electron chi connectivity index (χ0n) is 25.8. The number of esters is 1. The van der Waals surface area contributed by atoms with Crippen LogP contribution in [0.5, 0.6) is 17.2 Å². The Balaban J connectivity index is 1.41. The molecule has 0 radical (unpaired) electrons. The van der Waals surface area contributed by atoms with E-state index in [0.717, 1.165) is 52.1 Å². The van der Waals surface area contributed by atoms with Crippen LogP contribution in [0.25, 0.3) is 0 Å². The van der Waals surface area contributed by atoms with Gasteiger partial charge in [-0.25, -0.2) is 0 Å². The van der Waals surface area contributed by atoms with Crippen LogP contribution in [-0.2, 0) is 19.1 Å². The van der Waals surface area contributed by atoms with Gasteiger partial charge in [0.15, 0.2) is 11.5 Å². The van der Waals surface area contributed by atoms with E-state index in [-0.39, 0.29) is 36.7 Å². The van der Waals surface area contributed by atoms with Crippen LogP contribution < -0.4 is 19.5 Å². The average molecular weight is 605 g/mol. The normalized spacial score (nSPS) is 24.3. The summed E-state index contributed by atoms with van der Waals surface area (Å²) in [6, 6.07) is 3.34. The number of carbonyl (C=O) groups excluding carboxylic acids is 3. The van der Waals surface area contributed by atoms with Crippen molar-refractivity contribution in [1.29, 1.82) is 0 Å². The zero-order valence-corrected chi connectivity index (χ0v) is 25.8. The molecule has 3 aliphatic rings. The first kappa shape index (κ1) is 32.8. The second kappa shape index (κ2) is 17.3. The second-order valence-corrected chi connectivity index (χ2v) is 11.2. The highest BCUT2D eigenvalue weighted by molar-refractivity contribution is 5.95. The lowest BCUT2D eigenvalue weighted by Crippen LogP contribution is -2.40. The topological polar surface area (TPSA) is 119 Å². The Hall–Kier alpha value is -3.09. The summed E-state index contributed by atoms with van der Waals surface area (Å²) in [4.78, 5) is 45.0. The number of hydrogen-bond acceptors (Lipinski definition) is 10. The van der Waals surface area contributed by atoms with Gasteiger partial charge in [0.05, 0.1) is 40.5 Å². The smallest absolute Gasteiger partial charge is 0.306 e. The van der Waals surface area contributed by atoms with E-state index in [1.54, 1.807) is 17.0 Å². The van der Waals surface area contributed by atoms with Crippen LogP contribution in [0.2, 0.25) is 0 Å². The fraction of sp³-hybridized carbons (Fsp3) is 0.710. The van der Waals surface area contributed by atoms with Crippen LogP contribution in [0.3, 0.4) is 0 Å². The molecule has 4 rings (SSSR count). The first-order valence-electron chi connectivity index (χ1n) is 15.6. The van der Waals surface area contributed by atoms with Gasteiger partial charge >= 0.3 is 5.97 Å². The molecule has 3 atom stereocenters. The van der Waals surface area contributed by atoms with Crippen LogP contribution >= 0.6 is 0 Å². The Morgan fingerprint density at radius 2 is 1.60 bits per heavy atom. The molecule has 0 aliphatic carbocycles. The maximum Gasteiger partial charge on any atom is 0.306 e. The molecule has 3 unspecified atom stereocenters. The zero-order chi connectivity index (χ0) is 30.4. The molecule has 3 heterocycles. The van der Waals surface area contributed by atoms with Crippen molar-refractivity contribution in [1.82, 2.24) is 20.0 Å². The number of nitrogens with zero attached hydrogens (tertiary/aromatic N) is 3. The van der Waals surface area contributed by atoms with Gasteiger partial charge in [-0.2, -0.15) is 0 Å². The van der Waals surface area contributed by atoms with E-state index in [1.807, 2.05) is 0 Å². The molecule has 2 amide bonds. The van der Waals surface area contributed by atoms with E-state index in [2.05, 4.69) is 15.1 Å². The molecule has 2 saturated heterocycles. The highest BCUT2D eigenvalue weighted by Gasteiger charge is 2.23. The number of hydrogen-bond donors (Lipinski definition) is 1. The molecule has 0 spiro atoms. The lowest BCUT2D eigenvalue weighted by molar-refractivity contribution is -0.152. The number of methoxy groups -OCH3 is 2. The maximum absolute atomic E-state index is 13.0. The monoisotopic (exact) mass is 604 g/mol. The summed E-state index contributed by atoms with van der Waals surface area (Å²) in [6.45, 7) is 8.81. The second-order valence-electron chi connectivity index (χ2n) is 11.2. The lowest BCUT2D eigenvalue weighted by Gasteiger charge is -2.27. The van der Waals surface area contributed by atoms with Crippen molar-refractivity contribution in [3.63, 3.8) is 0 Å². The van der Waals surface area contributed by atoms with Crippen LogP contribution in [0, 0.1) is 0 Å². The number of carbonyl (C=O) groups is 3. The third kappa shape index (κ3) is 10.3. The fourth-order valence-electron chi connectivity index (χ4n) is 5.75. The average Bonchev–Trinajstić information content (AvgIpc) is 3.27. The molecular formula is C31H48N4O8. The van der Waals surface area contributed by atoms with E-state index in [1.165, 1.54) is 14.2 Å². The summed E-state index contributed by atoms with van der Waals surface area (Å²) in [5.41, 5.74) is 0.439. The summed E-state index contributed by atoms with van der Waals surface area (Å²) in [5.74, 6) is 0.687. The molecule has 2 fully saturated rings. The molecule has 0 saturated carbocycles. The Morgan fingerprint density at radius 1 is 0.860 bits per heavy atom. The number of rotatable bonds is 6. The molecule has 240 valence electrons. The SMILES string of the molecule is COc1cc2cc(c1OC)OCCCC(OC(=O)CCC(=O)N1CCOCC1)CCN1CCCN(CCCNC2=O)CC1. The van der Waals surface area contributed by atoms with E-state index < -0.39 is 0 Å². The fourth-order valence-corrected chi connectivity index (χ4v) is 5.75. The Morgan fingerprint density at radius 3 is 2.35 bits per heavy atom. The standard InChI is InChI=1S/C31H48N4O8/c1-39-26-22-24-23-27(30(26)40-2)42-19-3-6-25(43-29(37)8-7-28(36)35-17-20-41-21-18-35)9-14-34-13-5-12-33(15-16-34)11-4-10-32-31(24)38/h22-23,25H,3-21H2,1-2H3,(H,32,38). The van der Waals surface area contributed by atoms with Gasteiger partial charge in [-0.15, -0.1) is 0 Å². The van der Waals surface area contributed by atoms with Crippen molar-refractivity contribution in [2.75, 3.05) is 92.9 Å². The van der Waals surface area contributed by atoms with Crippen LogP contribution in [-0.4, -0.2) is 132 Å². The Kier molecular flexibility index (Phi) is 13.2. The number of benzene rings is 1. The molecule has 12 heteroatoms. The molecule has 1 N–H and O–H groups in total. The predicted molar refractivity (Wildman–Crippen MR) is 160 cm³/mol. The van der Waals surface area contributed by atoms with E-state index in [9.17, 15) is 14.4 Å². The van der Waals surface area contributed by atoms with Gasteiger partial charge in [0.1, 0.15) is 6.10 Å². The largest absolute Gasteiger partial charge is 0.493 e. The number of morpholine rings is 1. The van der Waals surface area contributed by atoms with Crippen LogP contribution in [0.1, 0.15) is 55.3 Å². The van der Waals surface area contributed by atoms with Gasteiger partial charge in [-0.1, -0.05) is 0 Å². The first-order chi connectivity index (χ1) is 21.0. The summed E-state index contributed by atoms with van der Waals surface area (Å²) < 4.78 is 28.4. The first-order valence-corrected chi connectivity index (χ1v) is 15.6. The summed E-state index contributed by atoms with van der Waals surface area (Å²) >= 11 is 0. The molecular weight excluding hydrogens is 556 g/mol. The number of fused-ring (bicyclic) bond motifs is 5. The Bertz CT molecular complexity index is 1060. The van der Waals surface area contributed by atoms with Gasteiger partial charge < -0.3 is 43.7 Å². The quantitative estimate of drug-likeness (QED) is 0.483. The van der Waals surface area contributed by atoms with Gasteiger partial charge in [-0.3, -0.25) is 14.4 Å². The van der Waals surface area contributed by atoms with Gasteiger partial charge in [0.2, 0.25) is 11.7 Å². The molecule has 0 aromatic heterocycles. The third-order valence-corrected chi connectivity index (χ3v) is 8.23. The van der Waals surface area contributed by atoms with Crippen molar-refractivity contribution in [3.05, 3.63) is 17.7 Å². The van der Waals surface area contributed by atoms with E-state index in [4.69, 9.17) is 23.7 Å². The summed E-state index contributed by atoms with van der Waals surface area (Å²) in [5, 5.41) is 3.02. The van der Waals surface area contributed by atoms with E-state index >= 15 is 0 Å². The van der Waals surface area contributed by atoms with Crippen molar-refractivity contribution in [2.45, 2.75) is 51.0 Å². The summed E-state index contributed by atoms with van der Waals surface area (Å²) in [6.07, 6.45) is 3.80. The highest BCUT2D eigenvalue weighted by Crippen LogP contribution is 2.38. The maximum atomic E-state index is 13.0. The minimum absolute atomic E-state index is 0.0384. The Labute approximate surface area is 254 Å². The number of nitrogens with one attached hydrogen (secondary N) is 1. The molecule has 1 aromatic carbocycles. The minimum atomic E-state index is -0.349. The van der Waals surface area contributed by atoms with Crippen molar-refractivity contribution in [3.8, 4) is 17.2 Å². The van der Waals surface area contributed by atoms with Crippen molar-refractivity contribution < 1.29 is 38.1 Å². The summed E-state index contributed by atoms with van der Waals surface area (Å²) in [7, 11) is 3.06. The third-order valence-electron chi connectivity index (χ3n) is 8.23. The van der Waals surface area contributed by atoms with Gasteiger partial charge in [-0.05, 0) is 63.9 Å². The molecule has 3 aliphatic heterocycles. The molecule has 1 aromatic rings. The molecule has 43 heavy (non-hydrogen) atoms. The number of amides is 2. The van der Waals surface area contributed by atoms with Gasteiger partial charge in [0.25, 0.3) is 5.91 Å². The minimum Gasteiger partial charge on any atom is -0.493 e. The molecule has 12 nitrogen and oxygen atoms in total.